The number of hydrogen-bond acceptors (Lipinski definition) is 2. The van der Waals surface area contributed by atoms with Crippen LogP contribution >= 0.6 is 0 Å². The van der Waals surface area contributed by atoms with Gasteiger partial charge in [-0.1, -0.05) is 32.4 Å². The van der Waals surface area contributed by atoms with Gasteiger partial charge in [0.2, 0.25) is 0 Å². The zero-order chi connectivity index (χ0) is 14.4. The molecule has 2 unspecified atom stereocenters. The molecule has 0 radical (unpaired) electrons. The smallest absolute Gasteiger partial charge is 0.118 e. The molecule has 2 heteroatoms. The quantitative estimate of drug-likeness (QED) is 0.734. The fraction of sp³-hybridized carbons (Fsp3) is 0.667. The molecule has 1 aromatic rings. The minimum Gasteiger partial charge on any atom is -0.497 e. The molecule has 2 nitrogen and oxygen atoms in total. The van der Waals surface area contributed by atoms with Crippen molar-refractivity contribution < 1.29 is 4.74 Å². The Labute approximate surface area is 123 Å². The van der Waals surface area contributed by atoms with E-state index in [0.717, 1.165) is 23.6 Å². The molecule has 0 amide bonds. The minimum absolute atomic E-state index is 0.749. The summed E-state index contributed by atoms with van der Waals surface area (Å²) in [4.78, 5) is 0. The van der Waals surface area contributed by atoms with Crippen molar-refractivity contribution >= 4 is 0 Å². The molecule has 0 bridgehead atoms. The van der Waals surface area contributed by atoms with Crippen molar-refractivity contribution in [2.75, 3.05) is 13.7 Å². The van der Waals surface area contributed by atoms with Gasteiger partial charge in [0, 0.05) is 6.04 Å². The fourth-order valence-electron chi connectivity index (χ4n) is 2.69. The molecule has 0 spiro atoms. The van der Waals surface area contributed by atoms with Crippen molar-refractivity contribution in [2.45, 2.75) is 52.0 Å². The van der Waals surface area contributed by atoms with E-state index in [4.69, 9.17) is 4.74 Å². The zero-order valence-electron chi connectivity index (χ0n) is 13.2. The average molecular weight is 275 g/mol. The lowest BCUT2D eigenvalue weighted by Gasteiger charge is -2.21. The monoisotopic (exact) mass is 275 g/mol. The van der Waals surface area contributed by atoms with E-state index in [-0.39, 0.29) is 0 Å². The molecule has 2 atom stereocenters. The number of benzene rings is 1. The van der Waals surface area contributed by atoms with Crippen molar-refractivity contribution in [3.8, 4) is 5.75 Å². The van der Waals surface area contributed by atoms with Gasteiger partial charge in [0.15, 0.2) is 0 Å². The summed E-state index contributed by atoms with van der Waals surface area (Å²) < 4.78 is 5.23. The average Bonchev–Trinajstić information content (AvgIpc) is 3.29. The van der Waals surface area contributed by atoms with Gasteiger partial charge in [-0.15, -0.1) is 0 Å². The molecule has 2 rings (SSSR count). The van der Waals surface area contributed by atoms with Gasteiger partial charge in [0.05, 0.1) is 7.11 Å². The standard InChI is InChI=1S/C18H29NO/c1-4-14(2)11-16(13-19-17-7-8-17)12-15-5-9-18(20-3)10-6-15/h5-6,9-10,14,16-17,19H,4,7-8,11-13H2,1-3H3. The third-order valence-corrected chi connectivity index (χ3v) is 4.39. The molecule has 1 aliphatic rings. The van der Waals surface area contributed by atoms with Gasteiger partial charge < -0.3 is 10.1 Å². The first kappa shape index (κ1) is 15.4. The van der Waals surface area contributed by atoms with Crippen LogP contribution in [0.15, 0.2) is 24.3 Å². The third-order valence-electron chi connectivity index (χ3n) is 4.39. The van der Waals surface area contributed by atoms with Crippen molar-refractivity contribution in [1.29, 1.82) is 0 Å². The van der Waals surface area contributed by atoms with Crippen LogP contribution < -0.4 is 10.1 Å². The van der Waals surface area contributed by atoms with E-state index in [1.165, 1.54) is 44.2 Å². The molecule has 0 aliphatic heterocycles. The molecule has 112 valence electrons. The van der Waals surface area contributed by atoms with Crippen LogP contribution in [0, 0.1) is 11.8 Å². The summed E-state index contributed by atoms with van der Waals surface area (Å²) in [6.07, 6.45) is 6.52. The van der Waals surface area contributed by atoms with Crippen LogP contribution in [0.4, 0.5) is 0 Å². The summed E-state index contributed by atoms with van der Waals surface area (Å²) in [5.74, 6) is 2.52. The van der Waals surface area contributed by atoms with E-state index in [1.807, 2.05) is 0 Å². The molecule has 1 aliphatic carbocycles. The second kappa shape index (κ2) is 7.68. The highest BCUT2D eigenvalue weighted by Crippen LogP contribution is 2.23. The Balaban J connectivity index is 1.89. The summed E-state index contributed by atoms with van der Waals surface area (Å²) in [5, 5.41) is 3.70. The Hall–Kier alpha value is -1.02. The van der Waals surface area contributed by atoms with E-state index in [2.05, 4.69) is 43.4 Å². The number of rotatable bonds is 9. The number of nitrogens with one attached hydrogen (secondary N) is 1. The van der Waals surface area contributed by atoms with Crippen LogP contribution in [0.5, 0.6) is 5.75 Å². The predicted molar refractivity (Wildman–Crippen MR) is 85.3 cm³/mol. The van der Waals surface area contributed by atoms with Crippen LogP contribution in [0.3, 0.4) is 0 Å². The number of ether oxygens (including phenoxy) is 1. The first-order valence-electron chi connectivity index (χ1n) is 8.07. The highest BCUT2D eigenvalue weighted by atomic mass is 16.5. The maximum Gasteiger partial charge on any atom is 0.118 e. The van der Waals surface area contributed by atoms with Gasteiger partial charge in [-0.25, -0.2) is 0 Å². The SMILES string of the molecule is CCC(C)CC(CNC1CC1)Cc1ccc(OC)cc1. The lowest BCUT2D eigenvalue weighted by atomic mass is 9.89. The second-order valence-electron chi connectivity index (χ2n) is 6.35. The van der Waals surface area contributed by atoms with Crippen LogP contribution in [-0.4, -0.2) is 19.7 Å². The molecule has 0 aromatic heterocycles. The van der Waals surface area contributed by atoms with Crippen molar-refractivity contribution in [3.05, 3.63) is 29.8 Å². The fourth-order valence-corrected chi connectivity index (χ4v) is 2.69. The Morgan fingerprint density at radius 1 is 1.25 bits per heavy atom. The van der Waals surface area contributed by atoms with Gasteiger partial charge in [0.1, 0.15) is 5.75 Å². The molecule has 0 heterocycles. The van der Waals surface area contributed by atoms with Gasteiger partial charge in [-0.05, 0) is 61.8 Å². The van der Waals surface area contributed by atoms with Gasteiger partial charge in [-0.3, -0.25) is 0 Å². The molecular weight excluding hydrogens is 246 g/mol. The molecule has 1 fully saturated rings. The predicted octanol–water partition coefficient (Wildman–Crippen LogP) is 4.04. The summed E-state index contributed by atoms with van der Waals surface area (Å²) >= 11 is 0. The first-order chi connectivity index (χ1) is 9.71. The highest BCUT2D eigenvalue weighted by molar-refractivity contribution is 5.27. The van der Waals surface area contributed by atoms with E-state index in [1.54, 1.807) is 7.11 Å². The normalized spacial score (nSPS) is 17.8. The molecule has 1 N–H and O–H groups in total. The molecule has 1 aromatic carbocycles. The van der Waals surface area contributed by atoms with Crippen LogP contribution in [-0.2, 0) is 6.42 Å². The molecule has 0 saturated heterocycles. The summed E-state index contributed by atoms with van der Waals surface area (Å²) in [6.45, 7) is 5.84. The Bertz CT molecular complexity index is 383. The number of hydrogen-bond donors (Lipinski definition) is 1. The van der Waals surface area contributed by atoms with Crippen LogP contribution in [0.25, 0.3) is 0 Å². The molecule has 1 saturated carbocycles. The lowest BCUT2D eigenvalue weighted by Crippen LogP contribution is -2.27. The second-order valence-corrected chi connectivity index (χ2v) is 6.35. The van der Waals surface area contributed by atoms with Gasteiger partial charge >= 0.3 is 0 Å². The van der Waals surface area contributed by atoms with E-state index in [9.17, 15) is 0 Å². The Morgan fingerprint density at radius 2 is 1.95 bits per heavy atom. The van der Waals surface area contributed by atoms with Crippen molar-refractivity contribution in [1.82, 2.24) is 5.32 Å². The molecular formula is C18H29NO. The summed E-state index contributed by atoms with van der Waals surface area (Å²) in [5.41, 5.74) is 1.43. The van der Waals surface area contributed by atoms with Crippen LogP contribution in [0.2, 0.25) is 0 Å². The zero-order valence-corrected chi connectivity index (χ0v) is 13.2. The largest absolute Gasteiger partial charge is 0.497 e. The maximum absolute atomic E-state index is 5.23. The Morgan fingerprint density at radius 3 is 2.50 bits per heavy atom. The minimum atomic E-state index is 0.749. The van der Waals surface area contributed by atoms with Crippen LogP contribution in [0.1, 0.15) is 45.1 Å². The maximum atomic E-state index is 5.23. The summed E-state index contributed by atoms with van der Waals surface area (Å²) in [7, 11) is 1.72. The lowest BCUT2D eigenvalue weighted by molar-refractivity contribution is 0.362. The van der Waals surface area contributed by atoms with E-state index in [0.29, 0.717) is 0 Å². The number of methoxy groups -OCH3 is 1. The first-order valence-corrected chi connectivity index (χ1v) is 8.07. The van der Waals surface area contributed by atoms with Crippen molar-refractivity contribution in [2.24, 2.45) is 11.8 Å². The van der Waals surface area contributed by atoms with E-state index >= 15 is 0 Å². The summed E-state index contributed by atoms with van der Waals surface area (Å²) in [6, 6.07) is 9.37. The van der Waals surface area contributed by atoms with Crippen molar-refractivity contribution in [3.63, 3.8) is 0 Å². The Kier molecular flexibility index (Phi) is 5.90. The molecule has 20 heavy (non-hydrogen) atoms. The highest BCUT2D eigenvalue weighted by Gasteiger charge is 2.22. The third kappa shape index (κ3) is 5.16. The van der Waals surface area contributed by atoms with E-state index < -0.39 is 0 Å². The topological polar surface area (TPSA) is 21.3 Å². The van der Waals surface area contributed by atoms with Gasteiger partial charge in [0.25, 0.3) is 0 Å². The van der Waals surface area contributed by atoms with Gasteiger partial charge in [-0.2, -0.15) is 0 Å².